The van der Waals surface area contributed by atoms with Gasteiger partial charge in [0.15, 0.2) is 0 Å². The van der Waals surface area contributed by atoms with Crippen LogP contribution in [0.1, 0.15) is 29.6 Å². The predicted octanol–water partition coefficient (Wildman–Crippen LogP) is 3.94. The maximum atomic E-state index is 12.7. The van der Waals surface area contributed by atoms with Gasteiger partial charge in [0, 0.05) is 18.7 Å². The number of hydrogen-bond donors (Lipinski definition) is 1. The molecule has 1 fully saturated rings. The van der Waals surface area contributed by atoms with Crippen molar-refractivity contribution in [2.75, 3.05) is 26.7 Å². The van der Waals surface area contributed by atoms with Crippen LogP contribution in [0.3, 0.4) is 0 Å². The number of rotatable bonds is 6. The second-order valence-electron chi connectivity index (χ2n) is 6.57. The topological polar surface area (TPSA) is 41.6 Å². The molecule has 2 aromatic rings. The monoisotopic (exact) mass is 338 g/mol. The van der Waals surface area contributed by atoms with Crippen molar-refractivity contribution in [3.05, 3.63) is 60.2 Å². The summed E-state index contributed by atoms with van der Waals surface area (Å²) < 4.78 is 5.78. The largest absolute Gasteiger partial charge is 0.457 e. The van der Waals surface area contributed by atoms with Crippen molar-refractivity contribution in [1.82, 2.24) is 10.2 Å². The zero-order valence-corrected chi connectivity index (χ0v) is 14.8. The van der Waals surface area contributed by atoms with E-state index in [0.717, 1.165) is 55.5 Å². The van der Waals surface area contributed by atoms with E-state index in [2.05, 4.69) is 5.32 Å². The number of likely N-dealkylation sites (tertiary alicyclic amines) is 1. The van der Waals surface area contributed by atoms with Gasteiger partial charge in [-0.05, 0) is 75.2 Å². The van der Waals surface area contributed by atoms with Crippen molar-refractivity contribution in [3.63, 3.8) is 0 Å². The van der Waals surface area contributed by atoms with E-state index in [-0.39, 0.29) is 5.91 Å². The Bertz CT molecular complexity index is 662. The fourth-order valence-corrected chi connectivity index (χ4v) is 3.25. The maximum Gasteiger partial charge on any atom is 0.253 e. The summed E-state index contributed by atoms with van der Waals surface area (Å²) >= 11 is 0. The van der Waals surface area contributed by atoms with Crippen molar-refractivity contribution in [3.8, 4) is 11.5 Å². The molecular weight excluding hydrogens is 312 g/mol. The summed E-state index contributed by atoms with van der Waals surface area (Å²) in [4.78, 5) is 14.6. The Morgan fingerprint density at radius 2 is 1.68 bits per heavy atom. The van der Waals surface area contributed by atoms with Gasteiger partial charge in [0.25, 0.3) is 5.91 Å². The van der Waals surface area contributed by atoms with E-state index < -0.39 is 0 Å². The van der Waals surface area contributed by atoms with Gasteiger partial charge < -0.3 is 15.0 Å². The molecule has 0 atom stereocenters. The Morgan fingerprint density at radius 3 is 2.32 bits per heavy atom. The number of nitrogens with zero attached hydrogens (tertiary/aromatic N) is 1. The second-order valence-corrected chi connectivity index (χ2v) is 6.57. The summed E-state index contributed by atoms with van der Waals surface area (Å²) in [5.74, 6) is 2.40. The van der Waals surface area contributed by atoms with Crippen LogP contribution in [0.25, 0.3) is 0 Å². The fraction of sp³-hybridized carbons (Fsp3) is 0.381. The number of nitrogens with one attached hydrogen (secondary N) is 1. The summed E-state index contributed by atoms with van der Waals surface area (Å²) in [7, 11) is 1.99. The highest BCUT2D eigenvalue weighted by molar-refractivity contribution is 5.94. The van der Waals surface area contributed by atoms with Crippen molar-refractivity contribution in [2.45, 2.75) is 19.3 Å². The third-order valence-electron chi connectivity index (χ3n) is 4.78. The van der Waals surface area contributed by atoms with Crippen molar-refractivity contribution < 1.29 is 9.53 Å². The molecule has 4 heteroatoms. The summed E-state index contributed by atoms with van der Waals surface area (Å²) in [6.07, 6.45) is 3.40. The lowest BCUT2D eigenvalue weighted by atomic mass is 9.93. The smallest absolute Gasteiger partial charge is 0.253 e. The molecule has 0 saturated carbocycles. The van der Waals surface area contributed by atoms with Gasteiger partial charge in [-0.15, -0.1) is 0 Å². The van der Waals surface area contributed by atoms with Gasteiger partial charge in [-0.1, -0.05) is 18.2 Å². The van der Waals surface area contributed by atoms with Crippen molar-refractivity contribution >= 4 is 5.91 Å². The van der Waals surface area contributed by atoms with Crippen LogP contribution in [0, 0.1) is 5.92 Å². The first kappa shape index (κ1) is 17.5. The van der Waals surface area contributed by atoms with E-state index in [0.29, 0.717) is 0 Å². The zero-order valence-electron chi connectivity index (χ0n) is 14.8. The van der Waals surface area contributed by atoms with Crippen LogP contribution in [-0.2, 0) is 0 Å². The van der Waals surface area contributed by atoms with Crippen LogP contribution in [0.2, 0.25) is 0 Å². The van der Waals surface area contributed by atoms with Crippen LogP contribution >= 0.6 is 0 Å². The number of piperidine rings is 1. The molecule has 2 aromatic carbocycles. The van der Waals surface area contributed by atoms with Crippen LogP contribution in [0.15, 0.2) is 54.6 Å². The van der Waals surface area contributed by atoms with Crippen LogP contribution in [0.5, 0.6) is 11.5 Å². The normalized spacial score (nSPS) is 15.2. The molecule has 1 N–H and O–H groups in total. The molecular formula is C21H26N2O2. The number of ether oxygens (including phenoxy) is 1. The molecule has 0 spiro atoms. The number of carbonyl (C=O) groups excluding carboxylic acids is 1. The van der Waals surface area contributed by atoms with Gasteiger partial charge in [-0.3, -0.25) is 4.79 Å². The zero-order chi connectivity index (χ0) is 17.5. The average Bonchev–Trinajstić information content (AvgIpc) is 2.68. The number of hydrogen-bond acceptors (Lipinski definition) is 3. The molecule has 0 unspecified atom stereocenters. The standard InChI is InChI=1S/C21H26N2O2/c1-22-14-11-17-12-15-23(16-13-17)21(24)18-7-9-20(10-8-18)25-19-5-3-2-4-6-19/h2-10,17,22H,11-16H2,1H3. The molecule has 3 rings (SSSR count). The van der Waals surface area contributed by atoms with E-state index in [1.165, 1.54) is 6.42 Å². The van der Waals surface area contributed by atoms with Gasteiger partial charge in [0.05, 0.1) is 0 Å². The van der Waals surface area contributed by atoms with Crippen LogP contribution in [0.4, 0.5) is 0 Å². The van der Waals surface area contributed by atoms with Gasteiger partial charge in [0.1, 0.15) is 11.5 Å². The van der Waals surface area contributed by atoms with Crippen LogP contribution < -0.4 is 10.1 Å². The van der Waals surface area contributed by atoms with Gasteiger partial charge in [-0.2, -0.15) is 0 Å². The molecule has 132 valence electrons. The summed E-state index contributed by atoms with van der Waals surface area (Å²) in [5, 5.41) is 3.21. The number of carbonyl (C=O) groups is 1. The highest BCUT2D eigenvalue weighted by atomic mass is 16.5. The van der Waals surface area contributed by atoms with E-state index >= 15 is 0 Å². The number of benzene rings is 2. The molecule has 1 heterocycles. The van der Waals surface area contributed by atoms with Gasteiger partial charge >= 0.3 is 0 Å². The Kier molecular flexibility index (Phi) is 6.07. The summed E-state index contributed by atoms with van der Waals surface area (Å²) in [5.41, 5.74) is 0.731. The number of para-hydroxylation sites is 1. The molecule has 0 bridgehead atoms. The minimum absolute atomic E-state index is 0.123. The molecule has 0 radical (unpaired) electrons. The van der Waals surface area contributed by atoms with Gasteiger partial charge in [-0.25, -0.2) is 0 Å². The lowest BCUT2D eigenvalue weighted by Crippen LogP contribution is -2.38. The third kappa shape index (κ3) is 4.83. The first-order valence-corrected chi connectivity index (χ1v) is 9.03. The minimum Gasteiger partial charge on any atom is -0.457 e. The summed E-state index contributed by atoms with van der Waals surface area (Å²) in [6.45, 7) is 2.77. The Hall–Kier alpha value is -2.33. The SMILES string of the molecule is CNCCC1CCN(C(=O)c2ccc(Oc3ccccc3)cc2)CC1. The molecule has 1 aliphatic heterocycles. The third-order valence-corrected chi connectivity index (χ3v) is 4.78. The highest BCUT2D eigenvalue weighted by Gasteiger charge is 2.23. The molecule has 0 aliphatic carbocycles. The Morgan fingerprint density at radius 1 is 1.04 bits per heavy atom. The van der Waals surface area contributed by atoms with E-state index in [9.17, 15) is 4.79 Å². The molecule has 1 saturated heterocycles. The molecule has 0 aromatic heterocycles. The van der Waals surface area contributed by atoms with E-state index in [1.807, 2.05) is 66.5 Å². The van der Waals surface area contributed by atoms with Gasteiger partial charge in [0.2, 0.25) is 0 Å². The lowest BCUT2D eigenvalue weighted by Gasteiger charge is -2.32. The first-order chi connectivity index (χ1) is 12.3. The molecule has 25 heavy (non-hydrogen) atoms. The number of amides is 1. The maximum absolute atomic E-state index is 12.7. The first-order valence-electron chi connectivity index (χ1n) is 9.03. The average molecular weight is 338 g/mol. The van der Waals surface area contributed by atoms with E-state index in [1.54, 1.807) is 0 Å². The summed E-state index contributed by atoms with van der Waals surface area (Å²) in [6, 6.07) is 17.1. The lowest BCUT2D eigenvalue weighted by molar-refractivity contribution is 0.0687. The van der Waals surface area contributed by atoms with E-state index in [4.69, 9.17) is 4.74 Å². The Balaban J connectivity index is 1.54. The van der Waals surface area contributed by atoms with Crippen molar-refractivity contribution in [1.29, 1.82) is 0 Å². The van der Waals surface area contributed by atoms with Crippen LogP contribution in [-0.4, -0.2) is 37.5 Å². The highest BCUT2D eigenvalue weighted by Crippen LogP contribution is 2.24. The minimum atomic E-state index is 0.123. The second kappa shape index (κ2) is 8.67. The van der Waals surface area contributed by atoms with Crippen molar-refractivity contribution in [2.24, 2.45) is 5.92 Å². The Labute approximate surface area is 149 Å². The molecule has 1 aliphatic rings. The molecule has 1 amide bonds. The fourth-order valence-electron chi connectivity index (χ4n) is 3.25. The quantitative estimate of drug-likeness (QED) is 0.867. The molecule has 4 nitrogen and oxygen atoms in total. The predicted molar refractivity (Wildman–Crippen MR) is 100 cm³/mol.